The van der Waals surface area contributed by atoms with Crippen LogP contribution >= 0.6 is 11.3 Å². The van der Waals surface area contributed by atoms with Gasteiger partial charge >= 0.3 is 0 Å². The number of H-pyrrole nitrogens is 1. The third-order valence-electron chi connectivity index (χ3n) is 5.31. The van der Waals surface area contributed by atoms with E-state index in [1.165, 1.54) is 11.3 Å². The molecule has 3 N–H and O–H groups in total. The summed E-state index contributed by atoms with van der Waals surface area (Å²) in [6.45, 7) is 0.785. The minimum Gasteiger partial charge on any atom is -0.330 e. The molecule has 33 heavy (non-hydrogen) atoms. The van der Waals surface area contributed by atoms with E-state index in [9.17, 15) is 4.79 Å². The summed E-state index contributed by atoms with van der Waals surface area (Å²) in [5.74, 6) is 0.0948. The molecule has 0 atom stereocenters. The van der Waals surface area contributed by atoms with Crippen molar-refractivity contribution in [1.29, 1.82) is 0 Å². The molecule has 0 amide bonds. The number of nitrogens with zero attached hydrogens (tertiary/aromatic N) is 3. The number of carbonyl (C=O) groups excluding carboxylic acids is 1. The Morgan fingerprint density at radius 2 is 1.88 bits per heavy atom. The Balaban J connectivity index is 1.28. The third kappa shape index (κ3) is 4.82. The Kier molecular flexibility index (Phi) is 5.93. The van der Waals surface area contributed by atoms with Crippen molar-refractivity contribution >= 4 is 38.8 Å². The van der Waals surface area contributed by atoms with Gasteiger partial charge in [-0.3, -0.25) is 9.89 Å². The lowest BCUT2D eigenvalue weighted by Crippen LogP contribution is -2.07. The van der Waals surface area contributed by atoms with E-state index in [0.29, 0.717) is 11.6 Å². The quantitative estimate of drug-likeness (QED) is 0.287. The summed E-state index contributed by atoms with van der Waals surface area (Å²) in [7, 11) is 1.91. The molecule has 0 bridgehead atoms. The second kappa shape index (κ2) is 9.32. The monoisotopic (exact) mass is 454 g/mol. The fourth-order valence-corrected chi connectivity index (χ4v) is 4.41. The number of rotatable bonds is 8. The van der Waals surface area contributed by atoms with Crippen LogP contribution in [0.1, 0.15) is 21.5 Å². The van der Waals surface area contributed by atoms with Crippen LogP contribution in [-0.2, 0) is 13.0 Å². The number of aromatic nitrogens is 4. The molecule has 0 aliphatic carbocycles. The van der Waals surface area contributed by atoms with Crippen molar-refractivity contribution in [3.05, 3.63) is 89.6 Å². The second-order valence-electron chi connectivity index (χ2n) is 7.74. The average molecular weight is 455 g/mol. The lowest BCUT2D eigenvalue weighted by Gasteiger charge is -2.05. The highest BCUT2D eigenvalue weighted by Gasteiger charge is 2.11. The molecule has 5 rings (SSSR count). The van der Waals surface area contributed by atoms with Gasteiger partial charge in [-0.1, -0.05) is 53.8 Å². The van der Waals surface area contributed by atoms with Crippen LogP contribution in [0.3, 0.4) is 0 Å². The van der Waals surface area contributed by atoms with Gasteiger partial charge in [0.15, 0.2) is 5.78 Å². The molecule has 8 heteroatoms. The van der Waals surface area contributed by atoms with Gasteiger partial charge in [-0.2, -0.15) is 5.10 Å². The van der Waals surface area contributed by atoms with Gasteiger partial charge < -0.3 is 10.6 Å². The van der Waals surface area contributed by atoms with Gasteiger partial charge in [0.05, 0.1) is 11.7 Å². The predicted molar refractivity (Wildman–Crippen MR) is 132 cm³/mol. The van der Waals surface area contributed by atoms with Crippen LogP contribution in [0, 0.1) is 0 Å². The minimum atomic E-state index is 0.0948. The number of carbonyl (C=O) groups is 1. The molecule has 0 unspecified atom stereocenters. The first-order valence-electron chi connectivity index (χ1n) is 10.6. The maximum absolute atomic E-state index is 12.8. The molecule has 0 saturated heterocycles. The summed E-state index contributed by atoms with van der Waals surface area (Å²) < 4.78 is 0. The van der Waals surface area contributed by atoms with E-state index < -0.39 is 0 Å². The molecular weight excluding hydrogens is 432 g/mol. The number of aromatic amines is 1. The number of hydrogen-bond acceptors (Lipinski definition) is 7. The SMILES string of the molecule is CNCc1ccc(C(=O)Cc2cccc(-c3nnc(Nc4ccc5[nH]ncc5c4)s3)c2)cc1. The molecule has 7 nitrogen and oxygen atoms in total. The van der Waals surface area contributed by atoms with Gasteiger partial charge in [0.2, 0.25) is 5.13 Å². The highest BCUT2D eigenvalue weighted by atomic mass is 32.1. The van der Waals surface area contributed by atoms with E-state index >= 15 is 0 Å². The lowest BCUT2D eigenvalue weighted by atomic mass is 10.0. The molecule has 2 heterocycles. The topological polar surface area (TPSA) is 95.6 Å². The zero-order chi connectivity index (χ0) is 22.6. The molecule has 0 fully saturated rings. The zero-order valence-corrected chi connectivity index (χ0v) is 18.8. The van der Waals surface area contributed by atoms with E-state index in [2.05, 4.69) is 31.0 Å². The van der Waals surface area contributed by atoms with Crippen LogP contribution in [-0.4, -0.2) is 33.2 Å². The minimum absolute atomic E-state index is 0.0948. The van der Waals surface area contributed by atoms with Crippen molar-refractivity contribution in [1.82, 2.24) is 25.7 Å². The fraction of sp³-hybridized carbons (Fsp3) is 0.120. The first kappa shape index (κ1) is 21.0. The Bertz CT molecular complexity index is 1410. The fourth-order valence-electron chi connectivity index (χ4n) is 3.65. The highest BCUT2D eigenvalue weighted by Crippen LogP contribution is 2.30. The van der Waals surface area contributed by atoms with Crippen molar-refractivity contribution in [2.24, 2.45) is 0 Å². The van der Waals surface area contributed by atoms with Gasteiger partial charge in [-0.15, -0.1) is 10.2 Å². The lowest BCUT2D eigenvalue weighted by molar-refractivity contribution is 0.0993. The van der Waals surface area contributed by atoms with Gasteiger partial charge in [-0.25, -0.2) is 0 Å². The average Bonchev–Trinajstić information content (AvgIpc) is 3.49. The molecule has 0 radical (unpaired) electrons. The van der Waals surface area contributed by atoms with Crippen molar-refractivity contribution in [3.63, 3.8) is 0 Å². The van der Waals surface area contributed by atoms with E-state index in [1.54, 1.807) is 6.20 Å². The molecule has 0 aliphatic heterocycles. The largest absolute Gasteiger partial charge is 0.330 e. The first-order chi connectivity index (χ1) is 16.2. The number of benzene rings is 3. The summed E-state index contributed by atoms with van der Waals surface area (Å²) in [5, 5.41) is 24.6. The summed E-state index contributed by atoms with van der Waals surface area (Å²) in [5.41, 5.74) is 5.68. The maximum Gasteiger partial charge on any atom is 0.210 e. The van der Waals surface area contributed by atoms with Crippen LogP contribution in [0.25, 0.3) is 21.5 Å². The van der Waals surface area contributed by atoms with Gasteiger partial charge in [-0.05, 0) is 42.4 Å². The summed E-state index contributed by atoms with van der Waals surface area (Å²) in [6, 6.07) is 21.6. The molecule has 164 valence electrons. The van der Waals surface area contributed by atoms with Crippen molar-refractivity contribution < 1.29 is 4.79 Å². The summed E-state index contributed by atoms with van der Waals surface area (Å²) in [6.07, 6.45) is 2.13. The van der Waals surface area contributed by atoms with E-state index in [1.807, 2.05) is 73.8 Å². The number of fused-ring (bicyclic) bond motifs is 1. The molecule has 0 spiro atoms. The van der Waals surface area contributed by atoms with Crippen LogP contribution in [0.4, 0.5) is 10.8 Å². The molecule has 2 aromatic heterocycles. The van der Waals surface area contributed by atoms with Crippen molar-refractivity contribution in [2.75, 3.05) is 12.4 Å². The smallest absolute Gasteiger partial charge is 0.210 e. The van der Waals surface area contributed by atoms with Gasteiger partial charge in [0.1, 0.15) is 5.01 Å². The maximum atomic E-state index is 12.8. The molecule has 3 aromatic carbocycles. The predicted octanol–water partition coefficient (Wildman–Crippen LogP) is 4.97. The van der Waals surface area contributed by atoms with E-state index in [0.717, 1.165) is 50.4 Å². The number of hydrogen-bond donors (Lipinski definition) is 3. The summed E-state index contributed by atoms with van der Waals surface area (Å²) in [4.78, 5) is 12.8. The molecule has 0 aliphatic rings. The van der Waals surface area contributed by atoms with Gasteiger partial charge in [0.25, 0.3) is 0 Å². The number of ketones is 1. The molecule has 0 saturated carbocycles. The van der Waals surface area contributed by atoms with E-state index in [4.69, 9.17) is 0 Å². The van der Waals surface area contributed by atoms with Crippen molar-refractivity contribution in [2.45, 2.75) is 13.0 Å². The van der Waals surface area contributed by atoms with Gasteiger partial charge in [0, 0.05) is 35.2 Å². The van der Waals surface area contributed by atoms with Crippen LogP contribution in [0.15, 0.2) is 72.9 Å². The Morgan fingerprint density at radius 1 is 1.00 bits per heavy atom. The number of anilines is 2. The Morgan fingerprint density at radius 3 is 2.73 bits per heavy atom. The molecular formula is C25H22N6OS. The van der Waals surface area contributed by atoms with Crippen LogP contribution < -0.4 is 10.6 Å². The number of Topliss-reactive ketones (excluding diaryl/α,β-unsaturated/α-hetero) is 1. The van der Waals surface area contributed by atoms with Crippen molar-refractivity contribution in [3.8, 4) is 10.6 Å². The van der Waals surface area contributed by atoms with Crippen LogP contribution in [0.5, 0.6) is 0 Å². The zero-order valence-electron chi connectivity index (χ0n) is 18.0. The second-order valence-corrected chi connectivity index (χ2v) is 8.71. The van der Waals surface area contributed by atoms with E-state index in [-0.39, 0.29) is 5.78 Å². The first-order valence-corrected chi connectivity index (χ1v) is 11.4. The Labute approximate surface area is 194 Å². The normalized spacial score (nSPS) is 11.1. The Hall–Kier alpha value is -3.88. The third-order valence-corrected chi connectivity index (χ3v) is 6.20. The molecule has 5 aromatic rings. The van der Waals surface area contributed by atoms with Crippen LogP contribution in [0.2, 0.25) is 0 Å². The highest BCUT2D eigenvalue weighted by molar-refractivity contribution is 7.18. The summed E-state index contributed by atoms with van der Waals surface area (Å²) >= 11 is 1.47. The number of nitrogens with one attached hydrogen (secondary N) is 3. The standard InChI is InChI=1S/C25H22N6OS/c1-26-14-16-5-7-18(8-6-16)23(32)12-17-3-2-4-19(11-17)24-30-31-25(33-24)28-21-9-10-22-20(13-21)15-27-29-22/h2-11,13,15,26H,12,14H2,1H3,(H,27,29)(H,28,31).